The molecule has 5 rings (SSSR count). The molecule has 0 aromatic heterocycles. The molecule has 0 bridgehead atoms. The van der Waals surface area contributed by atoms with E-state index < -0.39 is 36.0 Å². The van der Waals surface area contributed by atoms with Crippen LogP contribution in [0.15, 0.2) is 78.9 Å². The molecule has 1 saturated carbocycles. The molecular formula is C32H34N2O6. The molecule has 0 radical (unpaired) electrons. The zero-order valence-electron chi connectivity index (χ0n) is 22.4. The second kappa shape index (κ2) is 12.3. The Morgan fingerprint density at radius 3 is 2.15 bits per heavy atom. The molecule has 2 amide bonds. The molecule has 3 N–H and O–H groups in total. The third kappa shape index (κ3) is 6.18. The first-order valence-electron chi connectivity index (χ1n) is 13.7. The number of rotatable bonds is 10. The van der Waals surface area contributed by atoms with Crippen molar-refractivity contribution < 1.29 is 29.0 Å². The monoisotopic (exact) mass is 542 g/mol. The average Bonchev–Trinajstić information content (AvgIpc) is 3.57. The van der Waals surface area contributed by atoms with Gasteiger partial charge in [0.05, 0.1) is 18.6 Å². The van der Waals surface area contributed by atoms with Crippen LogP contribution in [0.3, 0.4) is 0 Å². The number of carboxylic acid groups (broad SMARTS) is 1. The molecule has 0 spiro atoms. The van der Waals surface area contributed by atoms with E-state index in [0.717, 1.165) is 27.8 Å². The highest BCUT2D eigenvalue weighted by Crippen LogP contribution is 2.44. The lowest BCUT2D eigenvalue weighted by molar-refractivity contribution is -0.141. The fraction of sp³-hybridized carbons (Fsp3) is 0.344. The Balaban J connectivity index is 1.25. The lowest BCUT2D eigenvalue weighted by Crippen LogP contribution is -2.55. The number of ether oxygens (including phenoxy) is 2. The summed E-state index contributed by atoms with van der Waals surface area (Å²) in [5, 5.41) is 15.0. The summed E-state index contributed by atoms with van der Waals surface area (Å²) < 4.78 is 11.7. The van der Waals surface area contributed by atoms with Crippen LogP contribution >= 0.6 is 0 Å². The average molecular weight is 543 g/mol. The minimum atomic E-state index is -1.02. The molecule has 0 aliphatic heterocycles. The molecule has 2 aliphatic rings. The fourth-order valence-corrected chi connectivity index (χ4v) is 5.69. The number of alkyl carbamates (subject to hydrolysis) is 1. The summed E-state index contributed by atoms with van der Waals surface area (Å²) in [4.78, 5) is 37.8. The van der Waals surface area contributed by atoms with E-state index in [1.54, 1.807) is 6.92 Å². The van der Waals surface area contributed by atoms with Crippen molar-refractivity contribution >= 4 is 18.0 Å². The van der Waals surface area contributed by atoms with E-state index in [1.807, 2.05) is 66.7 Å². The maximum Gasteiger partial charge on any atom is 0.407 e. The van der Waals surface area contributed by atoms with E-state index in [0.29, 0.717) is 19.3 Å². The lowest BCUT2D eigenvalue weighted by Gasteiger charge is -2.26. The van der Waals surface area contributed by atoms with Crippen molar-refractivity contribution in [2.45, 2.75) is 56.9 Å². The van der Waals surface area contributed by atoms with Crippen molar-refractivity contribution in [3.63, 3.8) is 0 Å². The Morgan fingerprint density at radius 2 is 1.52 bits per heavy atom. The van der Waals surface area contributed by atoms with Crippen LogP contribution in [-0.2, 0) is 25.7 Å². The Labute approximate surface area is 233 Å². The first-order chi connectivity index (χ1) is 19.4. The van der Waals surface area contributed by atoms with Crippen LogP contribution in [0.1, 0.15) is 48.8 Å². The van der Waals surface area contributed by atoms with Gasteiger partial charge in [-0.15, -0.1) is 0 Å². The first-order valence-corrected chi connectivity index (χ1v) is 13.7. The second-order valence-corrected chi connectivity index (χ2v) is 10.5. The van der Waals surface area contributed by atoms with Gasteiger partial charge >= 0.3 is 12.1 Å². The number of amides is 2. The highest BCUT2D eigenvalue weighted by atomic mass is 16.5. The Morgan fingerprint density at radius 1 is 0.900 bits per heavy atom. The summed E-state index contributed by atoms with van der Waals surface area (Å²) in [6, 6.07) is 24.4. The van der Waals surface area contributed by atoms with E-state index in [9.17, 15) is 19.5 Å². The quantitative estimate of drug-likeness (QED) is 0.337. The van der Waals surface area contributed by atoms with Gasteiger partial charge in [-0.05, 0) is 54.0 Å². The minimum absolute atomic E-state index is 0.108. The summed E-state index contributed by atoms with van der Waals surface area (Å²) in [5.41, 5.74) is 5.39. The molecule has 0 heterocycles. The number of carboxylic acids is 1. The van der Waals surface area contributed by atoms with Gasteiger partial charge < -0.3 is 25.2 Å². The molecule has 40 heavy (non-hydrogen) atoms. The molecule has 0 saturated heterocycles. The highest BCUT2D eigenvalue weighted by molar-refractivity contribution is 5.86. The number of fused-ring (bicyclic) bond motifs is 3. The van der Waals surface area contributed by atoms with Gasteiger partial charge in [-0.2, -0.15) is 0 Å². The fourth-order valence-electron chi connectivity index (χ4n) is 5.69. The van der Waals surface area contributed by atoms with Crippen molar-refractivity contribution in [2.75, 3.05) is 6.61 Å². The maximum absolute atomic E-state index is 13.3. The molecule has 2 unspecified atom stereocenters. The van der Waals surface area contributed by atoms with E-state index in [-0.39, 0.29) is 25.2 Å². The van der Waals surface area contributed by atoms with Crippen molar-refractivity contribution in [1.29, 1.82) is 0 Å². The Kier molecular flexibility index (Phi) is 8.45. The standard InChI is InChI=1S/C32H34N2O6/c1-20(39-18-21-9-3-2-4-10-21)29(30(35)33-23-16-15-22(17-23)31(36)37)34-32(38)40-19-28-26-13-7-5-11-24(26)25-12-6-8-14-27(25)28/h2-14,20,22-23,28-29H,15-19H2,1H3,(H,33,35)(H,34,38)(H,36,37)/t20?,22-,23+,29?/m0/s1. The first kappa shape index (κ1) is 27.4. The summed E-state index contributed by atoms with van der Waals surface area (Å²) in [6.45, 7) is 2.12. The normalized spacial score (nSPS) is 19.2. The lowest BCUT2D eigenvalue weighted by atomic mass is 9.98. The van der Waals surface area contributed by atoms with Crippen LogP contribution in [0.2, 0.25) is 0 Å². The molecular weight excluding hydrogens is 508 g/mol. The van der Waals surface area contributed by atoms with Gasteiger partial charge in [-0.3, -0.25) is 9.59 Å². The van der Waals surface area contributed by atoms with Crippen LogP contribution in [0.5, 0.6) is 0 Å². The number of aliphatic carboxylic acids is 1. The van der Waals surface area contributed by atoms with Crippen LogP contribution in [0.4, 0.5) is 4.79 Å². The topological polar surface area (TPSA) is 114 Å². The molecule has 4 atom stereocenters. The predicted molar refractivity (Wildman–Crippen MR) is 150 cm³/mol. The Bertz CT molecular complexity index is 1310. The van der Waals surface area contributed by atoms with Gasteiger partial charge in [0.2, 0.25) is 5.91 Å². The molecule has 8 heteroatoms. The molecule has 208 valence electrons. The van der Waals surface area contributed by atoms with Gasteiger partial charge in [0, 0.05) is 12.0 Å². The number of hydrogen-bond acceptors (Lipinski definition) is 5. The van der Waals surface area contributed by atoms with Crippen molar-refractivity contribution in [3.8, 4) is 11.1 Å². The summed E-state index contributed by atoms with van der Waals surface area (Å²) in [5.74, 6) is -1.87. The molecule has 1 fully saturated rings. The molecule has 3 aromatic rings. The van der Waals surface area contributed by atoms with Crippen molar-refractivity contribution in [2.24, 2.45) is 5.92 Å². The summed E-state index contributed by atoms with van der Waals surface area (Å²) >= 11 is 0. The minimum Gasteiger partial charge on any atom is -0.481 e. The number of carbonyl (C=O) groups excluding carboxylic acids is 2. The Hall–Kier alpha value is -4.17. The van der Waals surface area contributed by atoms with Gasteiger partial charge in [0.1, 0.15) is 12.6 Å². The van der Waals surface area contributed by atoms with E-state index in [4.69, 9.17) is 9.47 Å². The van der Waals surface area contributed by atoms with Gasteiger partial charge in [0.25, 0.3) is 0 Å². The summed E-state index contributed by atoms with van der Waals surface area (Å²) in [6.07, 6.45) is 0.0481. The zero-order valence-corrected chi connectivity index (χ0v) is 22.4. The van der Waals surface area contributed by atoms with Crippen LogP contribution < -0.4 is 10.6 Å². The van der Waals surface area contributed by atoms with Crippen molar-refractivity contribution in [1.82, 2.24) is 10.6 Å². The molecule has 2 aliphatic carbocycles. The zero-order chi connectivity index (χ0) is 28.1. The number of carbonyl (C=O) groups is 3. The number of benzene rings is 3. The largest absolute Gasteiger partial charge is 0.481 e. The summed E-state index contributed by atoms with van der Waals surface area (Å²) in [7, 11) is 0. The van der Waals surface area contributed by atoms with E-state index in [2.05, 4.69) is 22.8 Å². The number of hydrogen-bond donors (Lipinski definition) is 3. The second-order valence-electron chi connectivity index (χ2n) is 10.5. The smallest absolute Gasteiger partial charge is 0.407 e. The molecule has 8 nitrogen and oxygen atoms in total. The van der Waals surface area contributed by atoms with Gasteiger partial charge in [-0.1, -0.05) is 78.9 Å². The molecule has 3 aromatic carbocycles. The van der Waals surface area contributed by atoms with E-state index >= 15 is 0 Å². The maximum atomic E-state index is 13.3. The van der Waals surface area contributed by atoms with Gasteiger partial charge in [0.15, 0.2) is 0 Å². The van der Waals surface area contributed by atoms with E-state index in [1.165, 1.54) is 0 Å². The third-order valence-corrected chi connectivity index (χ3v) is 7.85. The van der Waals surface area contributed by atoms with Crippen LogP contribution in [-0.4, -0.2) is 47.9 Å². The van der Waals surface area contributed by atoms with Crippen LogP contribution in [0.25, 0.3) is 11.1 Å². The van der Waals surface area contributed by atoms with Crippen LogP contribution in [0, 0.1) is 5.92 Å². The SMILES string of the molecule is CC(OCc1ccccc1)C(NC(=O)OCC1c2ccccc2-c2ccccc21)C(=O)N[C@@H]1CC[C@H](C(=O)O)C1. The predicted octanol–water partition coefficient (Wildman–Crippen LogP) is 4.87. The third-order valence-electron chi connectivity index (χ3n) is 7.85. The number of nitrogens with one attached hydrogen (secondary N) is 2. The van der Waals surface area contributed by atoms with Crippen molar-refractivity contribution in [3.05, 3.63) is 95.6 Å². The van der Waals surface area contributed by atoms with Gasteiger partial charge in [-0.25, -0.2) is 4.79 Å². The highest BCUT2D eigenvalue weighted by Gasteiger charge is 2.35.